The van der Waals surface area contributed by atoms with Gasteiger partial charge in [-0.3, -0.25) is 0 Å². The Morgan fingerprint density at radius 2 is 1.45 bits per heavy atom. The van der Waals surface area contributed by atoms with Crippen LogP contribution in [0.2, 0.25) is 0 Å². The van der Waals surface area contributed by atoms with Crippen molar-refractivity contribution >= 4 is 0 Å². The molecule has 0 heterocycles. The molecule has 0 amide bonds. The van der Waals surface area contributed by atoms with Gasteiger partial charge in [-0.25, -0.2) is 0 Å². The van der Waals surface area contributed by atoms with E-state index < -0.39 is 31.1 Å². The van der Waals surface area contributed by atoms with Crippen LogP contribution in [0.3, 0.4) is 0 Å². The maximum Gasteiger partial charge on any atom is 0.131 e. The summed E-state index contributed by atoms with van der Waals surface area (Å²) >= 11 is 0. The Labute approximate surface area is 63.5 Å². The molecule has 11 heavy (non-hydrogen) atoms. The van der Waals surface area contributed by atoms with Crippen molar-refractivity contribution in [1.29, 1.82) is 0 Å². The van der Waals surface area contributed by atoms with Gasteiger partial charge in [0.05, 0.1) is 6.61 Å². The van der Waals surface area contributed by atoms with Crippen molar-refractivity contribution in [1.82, 2.24) is 0 Å². The summed E-state index contributed by atoms with van der Waals surface area (Å²) in [5.41, 5.74) is 4.78. The van der Waals surface area contributed by atoms with E-state index in [1.165, 1.54) is 0 Å². The van der Waals surface area contributed by atoms with Crippen LogP contribution in [0.15, 0.2) is 0 Å². The standard InChI is InChI=1S/C5H13NO5/c6-5(11)4(10)3(9)2(8)1-7/h2-5,7-11H,1,6H2/t2-,3-,4-,5?/m1/s1. The van der Waals surface area contributed by atoms with Crippen molar-refractivity contribution < 1.29 is 25.5 Å². The summed E-state index contributed by atoms with van der Waals surface area (Å²) in [5.74, 6) is 0. The highest BCUT2D eigenvalue weighted by atomic mass is 16.4. The van der Waals surface area contributed by atoms with Crippen molar-refractivity contribution in [2.75, 3.05) is 6.61 Å². The summed E-state index contributed by atoms with van der Waals surface area (Å²) in [4.78, 5) is 0. The van der Waals surface area contributed by atoms with Gasteiger partial charge < -0.3 is 31.3 Å². The van der Waals surface area contributed by atoms with Gasteiger partial charge in [0.2, 0.25) is 0 Å². The van der Waals surface area contributed by atoms with Crippen molar-refractivity contribution in [2.24, 2.45) is 5.73 Å². The van der Waals surface area contributed by atoms with Crippen LogP contribution in [0.25, 0.3) is 0 Å². The van der Waals surface area contributed by atoms with Crippen LogP contribution in [0, 0.1) is 0 Å². The number of hydrogen-bond acceptors (Lipinski definition) is 6. The Balaban J connectivity index is 3.90. The third-order valence-electron chi connectivity index (χ3n) is 1.28. The molecule has 0 aromatic carbocycles. The molecule has 0 aliphatic carbocycles. The second-order valence-corrected chi connectivity index (χ2v) is 2.22. The minimum Gasteiger partial charge on any atom is -0.394 e. The quantitative estimate of drug-likeness (QED) is 0.239. The third-order valence-corrected chi connectivity index (χ3v) is 1.28. The van der Waals surface area contributed by atoms with Crippen molar-refractivity contribution in [3.63, 3.8) is 0 Å². The molecule has 6 heteroatoms. The maximum absolute atomic E-state index is 8.86. The van der Waals surface area contributed by atoms with Crippen molar-refractivity contribution in [3.8, 4) is 0 Å². The molecule has 4 atom stereocenters. The van der Waals surface area contributed by atoms with Gasteiger partial charge in [-0.1, -0.05) is 0 Å². The molecule has 0 aliphatic heterocycles. The molecule has 0 fully saturated rings. The number of aliphatic hydroxyl groups excluding tert-OH is 5. The Morgan fingerprint density at radius 3 is 1.73 bits per heavy atom. The van der Waals surface area contributed by atoms with Crippen LogP contribution in [-0.2, 0) is 0 Å². The van der Waals surface area contributed by atoms with Crippen LogP contribution < -0.4 is 5.73 Å². The third kappa shape index (κ3) is 3.10. The van der Waals surface area contributed by atoms with Gasteiger partial charge in [-0.05, 0) is 0 Å². The van der Waals surface area contributed by atoms with E-state index in [1.807, 2.05) is 0 Å². The second-order valence-electron chi connectivity index (χ2n) is 2.22. The smallest absolute Gasteiger partial charge is 0.131 e. The Kier molecular flexibility index (Phi) is 4.50. The molecule has 6 nitrogen and oxygen atoms in total. The molecular weight excluding hydrogens is 154 g/mol. The Hall–Kier alpha value is -0.240. The van der Waals surface area contributed by atoms with E-state index in [0.717, 1.165) is 0 Å². The lowest BCUT2D eigenvalue weighted by Crippen LogP contribution is -2.49. The zero-order chi connectivity index (χ0) is 9.02. The van der Waals surface area contributed by atoms with Gasteiger partial charge in [-0.15, -0.1) is 0 Å². The van der Waals surface area contributed by atoms with E-state index >= 15 is 0 Å². The van der Waals surface area contributed by atoms with Crippen LogP contribution >= 0.6 is 0 Å². The molecular formula is C5H13NO5. The second kappa shape index (κ2) is 4.60. The average Bonchev–Trinajstić information content (AvgIpc) is 2.00. The predicted molar refractivity (Wildman–Crippen MR) is 35.3 cm³/mol. The molecule has 0 saturated carbocycles. The highest BCUT2D eigenvalue weighted by Gasteiger charge is 2.27. The number of rotatable bonds is 4. The topological polar surface area (TPSA) is 127 Å². The van der Waals surface area contributed by atoms with Gasteiger partial charge in [0.1, 0.15) is 24.5 Å². The van der Waals surface area contributed by atoms with Gasteiger partial charge in [-0.2, -0.15) is 0 Å². The molecule has 0 aromatic rings. The zero-order valence-electron chi connectivity index (χ0n) is 5.83. The highest BCUT2D eigenvalue weighted by molar-refractivity contribution is 4.77. The largest absolute Gasteiger partial charge is 0.394 e. The van der Waals surface area contributed by atoms with E-state index in [2.05, 4.69) is 0 Å². The summed E-state index contributed by atoms with van der Waals surface area (Å²) in [6, 6.07) is 0. The fraction of sp³-hybridized carbons (Fsp3) is 1.00. The van der Waals surface area contributed by atoms with Crippen molar-refractivity contribution in [3.05, 3.63) is 0 Å². The summed E-state index contributed by atoms with van der Waals surface area (Å²) in [6.45, 7) is -0.703. The van der Waals surface area contributed by atoms with Crippen LogP contribution in [-0.4, -0.2) is 56.7 Å². The summed E-state index contributed by atoms with van der Waals surface area (Å²) < 4.78 is 0. The minimum atomic E-state index is -1.66. The van der Waals surface area contributed by atoms with E-state index in [4.69, 9.17) is 31.3 Å². The lowest BCUT2D eigenvalue weighted by molar-refractivity contribution is -0.113. The number of aliphatic hydroxyl groups is 5. The number of hydrogen-bond donors (Lipinski definition) is 6. The van der Waals surface area contributed by atoms with E-state index in [0.29, 0.717) is 0 Å². The maximum atomic E-state index is 8.86. The van der Waals surface area contributed by atoms with Gasteiger partial charge in [0.15, 0.2) is 0 Å². The lowest BCUT2D eigenvalue weighted by Gasteiger charge is -2.22. The van der Waals surface area contributed by atoms with Crippen LogP contribution in [0.4, 0.5) is 0 Å². The molecule has 0 bridgehead atoms. The first-order valence-corrected chi connectivity index (χ1v) is 3.09. The average molecular weight is 167 g/mol. The molecule has 0 aromatic heterocycles. The fourth-order valence-corrected chi connectivity index (χ4v) is 0.538. The molecule has 0 spiro atoms. The molecule has 0 saturated heterocycles. The van der Waals surface area contributed by atoms with E-state index in [9.17, 15) is 0 Å². The van der Waals surface area contributed by atoms with E-state index in [-0.39, 0.29) is 0 Å². The minimum absolute atomic E-state index is 0.703. The number of nitrogens with two attached hydrogens (primary N) is 1. The fourth-order valence-electron chi connectivity index (χ4n) is 0.538. The zero-order valence-corrected chi connectivity index (χ0v) is 5.83. The lowest BCUT2D eigenvalue weighted by atomic mass is 10.1. The Morgan fingerprint density at radius 1 is 1.00 bits per heavy atom. The van der Waals surface area contributed by atoms with Gasteiger partial charge in [0.25, 0.3) is 0 Å². The monoisotopic (exact) mass is 167 g/mol. The van der Waals surface area contributed by atoms with E-state index in [1.54, 1.807) is 0 Å². The molecule has 0 radical (unpaired) electrons. The van der Waals surface area contributed by atoms with Crippen LogP contribution in [0.1, 0.15) is 0 Å². The normalized spacial score (nSPS) is 22.4. The highest BCUT2D eigenvalue weighted by Crippen LogP contribution is 2.00. The molecule has 68 valence electrons. The molecule has 0 rings (SSSR count). The molecule has 0 aliphatic rings. The first-order chi connectivity index (χ1) is 5.00. The SMILES string of the molecule is NC(O)[C@H](O)[C@H](O)[C@H](O)CO. The summed E-state index contributed by atoms with van der Waals surface area (Å²) in [7, 11) is 0. The van der Waals surface area contributed by atoms with Crippen molar-refractivity contribution in [2.45, 2.75) is 24.5 Å². The predicted octanol–water partition coefficient (Wildman–Crippen LogP) is -3.66. The molecule has 1 unspecified atom stereocenters. The summed E-state index contributed by atoms with van der Waals surface area (Å²) in [5, 5.41) is 43.2. The van der Waals surface area contributed by atoms with Gasteiger partial charge in [0, 0.05) is 0 Å². The first-order valence-electron chi connectivity index (χ1n) is 3.09. The first kappa shape index (κ1) is 10.8. The Bertz CT molecular complexity index is 109. The molecule has 7 N–H and O–H groups in total. The van der Waals surface area contributed by atoms with Gasteiger partial charge >= 0.3 is 0 Å². The summed E-state index contributed by atoms with van der Waals surface area (Å²) in [6.07, 6.45) is -6.42. The van der Waals surface area contributed by atoms with Crippen LogP contribution in [0.5, 0.6) is 0 Å².